The second-order valence-electron chi connectivity index (χ2n) is 6.09. The summed E-state index contributed by atoms with van der Waals surface area (Å²) in [5, 5.41) is 0. The molecule has 2 aliphatic heterocycles. The molecule has 2 saturated heterocycles. The van der Waals surface area contributed by atoms with E-state index in [4.69, 9.17) is 28.4 Å². The number of fused-ring (bicyclic) bond motifs is 1. The van der Waals surface area contributed by atoms with E-state index in [-0.39, 0.29) is 6.61 Å². The van der Waals surface area contributed by atoms with Crippen molar-refractivity contribution in [3.8, 4) is 0 Å². The third-order valence-electron chi connectivity index (χ3n) is 3.46. The Bertz CT molecular complexity index is 515. The highest BCUT2D eigenvalue weighted by atomic mass is 16.8. The lowest BCUT2D eigenvalue weighted by Crippen LogP contribution is -2.43. The van der Waals surface area contributed by atoms with Gasteiger partial charge in [-0.2, -0.15) is 0 Å². The van der Waals surface area contributed by atoms with E-state index in [0.717, 1.165) is 0 Å². The minimum absolute atomic E-state index is 0.209. The van der Waals surface area contributed by atoms with E-state index in [0.29, 0.717) is 0 Å². The van der Waals surface area contributed by atoms with Crippen LogP contribution in [0, 0.1) is 0 Å². The van der Waals surface area contributed by atoms with Gasteiger partial charge in [-0.25, -0.2) is 0 Å². The SMILES string of the molecule is CC(=O)OC[C@@H](OC(C)=O)[C@H]1O[C@@H](OC(C)=O)[C@H]2OC(C)(C)O[C@H]21. The lowest BCUT2D eigenvalue weighted by Gasteiger charge is -2.28. The normalized spacial score (nSPS) is 31.9. The number of carbonyl (C=O) groups is 3. The summed E-state index contributed by atoms with van der Waals surface area (Å²) in [4.78, 5) is 33.7. The Morgan fingerprint density at radius 2 is 1.62 bits per heavy atom. The molecule has 2 rings (SSSR count). The van der Waals surface area contributed by atoms with Crippen molar-refractivity contribution in [3.05, 3.63) is 0 Å². The second kappa shape index (κ2) is 7.04. The fourth-order valence-electron chi connectivity index (χ4n) is 2.76. The van der Waals surface area contributed by atoms with Gasteiger partial charge in [-0.1, -0.05) is 0 Å². The number of hydrogen-bond acceptors (Lipinski definition) is 9. The zero-order chi connectivity index (χ0) is 18.1. The molecule has 0 aromatic rings. The van der Waals surface area contributed by atoms with Crippen LogP contribution in [-0.2, 0) is 42.8 Å². The van der Waals surface area contributed by atoms with Crippen molar-refractivity contribution in [2.75, 3.05) is 6.61 Å². The van der Waals surface area contributed by atoms with Gasteiger partial charge in [0.05, 0.1) is 0 Å². The molecule has 0 aliphatic carbocycles. The van der Waals surface area contributed by atoms with Crippen LogP contribution in [0.4, 0.5) is 0 Å². The number of ether oxygens (including phenoxy) is 6. The number of hydrogen-bond donors (Lipinski definition) is 0. The molecule has 2 aliphatic rings. The molecule has 2 fully saturated rings. The quantitative estimate of drug-likeness (QED) is 0.513. The zero-order valence-corrected chi connectivity index (χ0v) is 14.3. The van der Waals surface area contributed by atoms with E-state index < -0.39 is 54.4 Å². The van der Waals surface area contributed by atoms with E-state index >= 15 is 0 Å². The molecule has 9 heteroatoms. The predicted molar refractivity (Wildman–Crippen MR) is 76.4 cm³/mol. The molecule has 0 aromatic heterocycles. The molecule has 24 heavy (non-hydrogen) atoms. The third kappa shape index (κ3) is 4.43. The van der Waals surface area contributed by atoms with Crippen molar-refractivity contribution in [3.63, 3.8) is 0 Å². The lowest BCUT2D eigenvalue weighted by molar-refractivity contribution is -0.243. The Kier molecular flexibility index (Phi) is 5.46. The van der Waals surface area contributed by atoms with Crippen LogP contribution in [0.1, 0.15) is 34.6 Å². The van der Waals surface area contributed by atoms with Gasteiger partial charge in [-0.15, -0.1) is 0 Å². The van der Waals surface area contributed by atoms with Crippen LogP contribution in [0.3, 0.4) is 0 Å². The second-order valence-corrected chi connectivity index (χ2v) is 6.09. The van der Waals surface area contributed by atoms with Gasteiger partial charge in [-0.05, 0) is 13.8 Å². The standard InChI is InChI=1S/C15H22O9/c1-7(16)19-6-10(20-8(2)17)11-12-13(24-15(4,5)23-12)14(22-11)21-9(3)18/h10-14H,6H2,1-5H3/t10-,11-,12+,13+,14-/m1/s1. The molecule has 0 bridgehead atoms. The Labute approximate surface area is 139 Å². The van der Waals surface area contributed by atoms with Crippen LogP contribution < -0.4 is 0 Å². The molecular formula is C15H22O9. The van der Waals surface area contributed by atoms with E-state index in [1.54, 1.807) is 13.8 Å². The van der Waals surface area contributed by atoms with Crippen molar-refractivity contribution in [2.45, 2.75) is 71.1 Å². The van der Waals surface area contributed by atoms with Gasteiger partial charge < -0.3 is 28.4 Å². The average Bonchev–Trinajstić information content (AvgIpc) is 2.88. The van der Waals surface area contributed by atoms with Gasteiger partial charge in [0, 0.05) is 20.8 Å². The summed E-state index contributed by atoms with van der Waals surface area (Å²) in [7, 11) is 0. The van der Waals surface area contributed by atoms with Gasteiger partial charge in [0.1, 0.15) is 18.8 Å². The summed E-state index contributed by atoms with van der Waals surface area (Å²) in [6, 6.07) is 0. The summed E-state index contributed by atoms with van der Waals surface area (Å²) >= 11 is 0. The largest absolute Gasteiger partial charge is 0.462 e. The lowest BCUT2D eigenvalue weighted by atomic mass is 10.1. The van der Waals surface area contributed by atoms with E-state index in [2.05, 4.69) is 0 Å². The summed E-state index contributed by atoms with van der Waals surface area (Å²) in [5.41, 5.74) is 0. The molecule has 0 aromatic carbocycles. The molecule has 0 saturated carbocycles. The maximum absolute atomic E-state index is 11.4. The van der Waals surface area contributed by atoms with Crippen LogP contribution in [0.2, 0.25) is 0 Å². The molecule has 136 valence electrons. The van der Waals surface area contributed by atoms with Crippen molar-refractivity contribution < 1.29 is 42.8 Å². The Morgan fingerprint density at radius 3 is 2.17 bits per heavy atom. The predicted octanol–water partition coefficient (Wildman–Crippen LogP) is 0.289. The first-order valence-electron chi connectivity index (χ1n) is 7.58. The van der Waals surface area contributed by atoms with Crippen LogP contribution in [0.15, 0.2) is 0 Å². The van der Waals surface area contributed by atoms with Gasteiger partial charge in [-0.3, -0.25) is 14.4 Å². The Hall–Kier alpha value is -1.71. The molecular weight excluding hydrogens is 324 g/mol. The van der Waals surface area contributed by atoms with E-state index in [1.807, 2.05) is 0 Å². The van der Waals surface area contributed by atoms with Crippen LogP contribution in [0.5, 0.6) is 0 Å². The first-order valence-corrected chi connectivity index (χ1v) is 7.58. The van der Waals surface area contributed by atoms with Gasteiger partial charge in [0.15, 0.2) is 18.0 Å². The fraction of sp³-hybridized carbons (Fsp3) is 0.800. The summed E-state index contributed by atoms with van der Waals surface area (Å²) < 4.78 is 32.4. The highest BCUT2D eigenvalue weighted by Crippen LogP contribution is 2.40. The van der Waals surface area contributed by atoms with Crippen LogP contribution >= 0.6 is 0 Å². The first kappa shape index (κ1) is 18.6. The van der Waals surface area contributed by atoms with E-state index in [1.165, 1.54) is 20.8 Å². The van der Waals surface area contributed by atoms with Crippen LogP contribution in [-0.4, -0.2) is 61.0 Å². The van der Waals surface area contributed by atoms with Crippen molar-refractivity contribution in [1.82, 2.24) is 0 Å². The minimum Gasteiger partial charge on any atom is -0.462 e. The highest BCUT2D eigenvalue weighted by molar-refractivity contribution is 5.67. The number of esters is 3. The van der Waals surface area contributed by atoms with Crippen LogP contribution in [0.25, 0.3) is 0 Å². The third-order valence-corrected chi connectivity index (χ3v) is 3.46. The molecule has 5 atom stereocenters. The molecule has 0 radical (unpaired) electrons. The molecule has 0 amide bonds. The first-order chi connectivity index (χ1) is 11.1. The highest BCUT2D eigenvalue weighted by Gasteiger charge is 2.59. The van der Waals surface area contributed by atoms with Gasteiger partial charge >= 0.3 is 17.9 Å². The minimum atomic E-state index is -1.00. The smallest absolute Gasteiger partial charge is 0.305 e. The van der Waals surface area contributed by atoms with Gasteiger partial charge in [0.25, 0.3) is 0 Å². The monoisotopic (exact) mass is 346 g/mol. The maximum Gasteiger partial charge on any atom is 0.305 e. The molecule has 0 N–H and O–H groups in total. The van der Waals surface area contributed by atoms with E-state index in [9.17, 15) is 14.4 Å². The molecule has 9 nitrogen and oxygen atoms in total. The van der Waals surface area contributed by atoms with Crippen molar-refractivity contribution in [2.24, 2.45) is 0 Å². The Balaban J connectivity index is 2.19. The molecule has 0 unspecified atom stereocenters. The summed E-state index contributed by atoms with van der Waals surface area (Å²) in [6.07, 6.45) is -4.07. The zero-order valence-electron chi connectivity index (χ0n) is 14.3. The summed E-state index contributed by atoms with van der Waals surface area (Å²) in [6.45, 7) is 6.92. The fourth-order valence-corrected chi connectivity index (χ4v) is 2.76. The van der Waals surface area contributed by atoms with Gasteiger partial charge in [0.2, 0.25) is 6.29 Å². The maximum atomic E-state index is 11.4. The number of rotatable bonds is 5. The average molecular weight is 346 g/mol. The Morgan fingerprint density at radius 1 is 1.00 bits per heavy atom. The topological polar surface area (TPSA) is 107 Å². The summed E-state index contributed by atoms with van der Waals surface area (Å²) in [5.74, 6) is -2.56. The molecule has 2 heterocycles. The van der Waals surface area contributed by atoms with Crippen molar-refractivity contribution in [1.29, 1.82) is 0 Å². The van der Waals surface area contributed by atoms with Crippen molar-refractivity contribution >= 4 is 17.9 Å². The molecule has 0 spiro atoms. The number of carbonyl (C=O) groups excluding carboxylic acids is 3.